The van der Waals surface area contributed by atoms with E-state index in [1.54, 1.807) is 53.2 Å². The maximum absolute atomic E-state index is 12.2. The van der Waals surface area contributed by atoms with Gasteiger partial charge in [-0.2, -0.15) is 0 Å². The van der Waals surface area contributed by atoms with Crippen LogP contribution < -0.4 is 16.2 Å². The Hall–Kier alpha value is -2.63. The van der Waals surface area contributed by atoms with Crippen LogP contribution in [0.4, 0.5) is 11.5 Å². The fourth-order valence-electron chi connectivity index (χ4n) is 1.90. The third-order valence-corrected chi connectivity index (χ3v) is 3.12. The topological polar surface area (TPSA) is 88.0 Å². The Kier molecular flexibility index (Phi) is 3.84. The predicted octanol–water partition coefficient (Wildman–Crippen LogP) is 1.32. The molecule has 0 amide bonds. The zero-order chi connectivity index (χ0) is 14.7. The standard InChI is InChI=1S/C14H17N5O/c1-3-19-9-8-17-13(14(19)20)18(2)11-6-4-10(5-7-11)12(15)16/h4-9H,3H2,1-2H3,(H3,15,16). The lowest BCUT2D eigenvalue weighted by Crippen LogP contribution is -2.27. The largest absolute Gasteiger partial charge is 0.384 e. The van der Waals surface area contributed by atoms with Crippen LogP contribution in [0.5, 0.6) is 0 Å². The molecule has 0 spiro atoms. The molecule has 3 N–H and O–H groups in total. The molecule has 0 bridgehead atoms. The molecule has 0 saturated heterocycles. The summed E-state index contributed by atoms with van der Waals surface area (Å²) in [7, 11) is 1.78. The number of rotatable bonds is 4. The van der Waals surface area contributed by atoms with Gasteiger partial charge < -0.3 is 15.2 Å². The average molecular weight is 271 g/mol. The molecule has 6 heteroatoms. The fraction of sp³-hybridized carbons (Fsp3) is 0.214. The Morgan fingerprint density at radius 3 is 2.60 bits per heavy atom. The number of benzene rings is 1. The van der Waals surface area contributed by atoms with Crippen LogP contribution in [0, 0.1) is 5.41 Å². The number of aromatic nitrogens is 2. The highest BCUT2D eigenvalue weighted by atomic mass is 16.1. The molecular formula is C14H17N5O. The number of amidine groups is 1. The van der Waals surface area contributed by atoms with E-state index in [0.29, 0.717) is 17.9 Å². The first-order valence-corrected chi connectivity index (χ1v) is 6.28. The molecule has 0 aliphatic carbocycles. The summed E-state index contributed by atoms with van der Waals surface area (Å²) in [6.07, 6.45) is 3.28. The lowest BCUT2D eigenvalue weighted by atomic mass is 10.2. The third kappa shape index (κ3) is 2.54. The Morgan fingerprint density at radius 2 is 2.05 bits per heavy atom. The van der Waals surface area contributed by atoms with Crippen LogP contribution in [0.25, 0.3) is 0 Å². The minimum Gasteiger partial charge on any atom is -0.384 e. The minimum absolute atomic E-state index is 0.0189. The van der Waals surface area contributed by atoms with Crippen LogP contribution >= 0.6 is 0 Å². The first-order valence-electron chi connectivity index (χ1n) is 6.28. The van der Waals surface area contributed by atoms with E-state index in [0.717, 1.165) is 5.69 Å². The second-order valence-corrected chi connectivity index (χ2v) is 4.36. The van der Waals surface area contributed by atoms with Crippen molar-refractivity contribution in [2.75, 3.05) is 11.9 Å². The van der Waals surface area contributed by atoms with Crippen molar-refractivity contribution >= 4 is 17.3 Å². The van der Waals surface area contributed by atoms with Crippen molar-refractivity contribution in [2.45, 2.75) is 13.5 Å². The quantitative estimate of drug-likeness (QED) is 0.648. The SMILES string of the molecule is CCn1ccnc(N(C)c2ccc(C(=N)N)cc2)c1=O. The van der Waals surface area contributed by atoms with Crippen molar-refractivity contribution in [3.8, 4) is 0 Å². The lowest BCUT2D eigenvalue weighted by molar-refractivity contribution is 0.716. The van der Waals surface area contributed by atoms with Gasteiger partial charge in [0.15, 0.2) is 5.82 Å². The first kappa shape index (κ1) is 13.8. The summed E-state index contributed by atoms with van der Waals surface area (Å²) < 4.78 is 1.60. The molecule has 1 aromatic heterocycles. The van der Waals surface area contributed by atoms with Gasteiger partial charge in [0.05, 0.1) is 0 Å². The lowest BCUT2D eigenvalue weighted by Gasteiger charge is -2.18. The van der Waals surface area contributed by atoms with E-state index in [1.807, 2.05) is 6.92 Å². The Morgan fingerprint density at radius 1 is 1.40 bits per heavy atom. The van der Waals surface area contributed by atoms with Gasteiger partial charge in [0.1, 0.15) is 5.84 Å². The molecule has 0 atom stereocenters. The van der Waals surface area contributed by atoms with Gasteiger partial charge in [-0.3, -0.25) is 10.2 Å². The van der Waals surface area contributed by atoms with Crippen molar-refractivity contribution in [2.24, 2.45) is 5.73 Å². The zero-order valence-corrected chi connectivity index (χ0v) is 11.5. The van der Waals surface area contributed by atoms with Gasteiger partial charge in [-0.05, 0) is 31.2 Å². The number of hydrogen-bond acceptors (Lipinski definition) is 4. The highest BCUT2D eigenvalue weighted by Crippen LogP contribution is 2.19. The molecule has 20 heavy (non-hydrogen) atoms. The van der Waals surface area contributed by atoms with Crippen LogP contribution in [0.1, 0.15) is 12.5 Å². The highest BCUT2D eigenvalue weighted by Gasteiger charge is 2.11. The minimum atomic E-state index is -0.131. The van der Waals surface area contributed by atoms with Crippen molar-refractivity contribution in [3.05, 3.63) is 52.6 Å². The number of nitrogen functional groups attached to an aromatic ring is 1. The Balaban J connectivity index is 2.38. The molecule has 2 aromatic rings. The molecule has 2 rings (SSSR count). The molecule has 1 aromatic carbocycles. The summed E-state index contributed by atoms with van der Waals surface area (Å²) >= 11 is 0. The number of hydrogen-bond donors (Lipinski definition) is 2. The van der Waals surface area contributed by atoms with Crippen LogP contribution in [-0.4, -0.2) is 22.4 Å². The molecular weight excluding hydrogens is 254 g/mol. The van der Waals surface area contributed by atoms with E-state index in [-0.39, 0.29) is 11.4 Å². The van der Waals surface area contributed by atoms with Gasteiger partial charge in [-0.1, -0.05) is 0 Å². The normalized spacial score (nSPS) is 10.3. The molecule has 0 aliphatic heterocycles. The molecule has 6 nitrogen and oxygen atoms in total. The number of nitrogens with one attached hydrogen (secondary N) is 1. The summed E-state index contributed by atoms with van der Waals surface area (Å²) in [6.45, 7) is 2.51. The maximum Gasteiger partial charge on any atom is 0.293 e. The van der Waals surface area contributed by atoms with Crippen molar-refractivity contribution in [3.63, 3.8) is 0 Å². The average Bonchev–Trinajstić information content (AvgIpc) is 2.47. The van der Waals surface area contributed by atoms with Gasteiger partial charge >= 0.3 is 0 Å². The van der Waals surface area contributed by atoms with Gasteiger partial charge in [0.2, 0.25) is 0 Å². The summed E-state index contributed by atoms with van der Waals surface area (Å²) in [6, 6.07) is 7.10. The monoisotopic (exact) mass is 271 g/mol. The van der Waals surface area contributed by atoms with Crippen molar-refractivity contribution in [1.29, 1.82) is 5.41 Å². The predicted molar refractivity (Wildman–Crippen MR) is 79.7 cm³/mol. The Bertz CT molecular complexity index is 675. The fourth-order valence-corrected chi connectivity index (χ4v) is 1.90. The number of aryl methyl sites for hydroxylation is 1. The van der Waals surface area contributed by atoms with E-state index in [2.05, 4.69) is 4.98 Å². The number of nitrogens with zero attached hydrogens (tertiary/aromatic N) is 3. The number of anilines is 2. The smallest absolute Gasteiger partial charge is 0.293 e. The summed E-state index contributed by atoms with van der Waals surface area (Å²) in [4.78, 5) is 18.1. The van der Waals surface area contributed by atoms with Gasteiger partial charge in [-0.15, -0.1) is 0 Å². The molecule has 0 saturated carbocycles. The molecule has 0 fully saturated rings. The Labute approximate surface area is 117 Å². The van der Waals surface area contributed by atoms with Gasteiger partial charge in [0.25, 0.3) is 5.56 Å². The molecule has 0 aliphatic rings. The van der Waals surface area contributed by atoms with E-state index >= 15 is 0 Å². The van der Waals surface area contributed by atoms with Crippen LogP contribution in [0.3, 0.4) is 0 Å². The number of nitrogens with two attached hydrogens (primary N) is 1. The van der Waals surface area contributed by atoms with Crippen molar-refractivity contribution in [1.82, 2.24) is 9.55 Å². The molecule has 1 heterocycles. The van der Waals surface area contributed by atoms with Gasteiger partial charge in [0, 0.05) is 37.2 Å². The van der Waals surface area contributed by atoms with E-state index in [1.165, 1.54) is 0 Å². The maximum atomic E-state index is 12.2. The van der Waals surface area contributed by atoms with E-state index < -0.39 is 0 Å². The van der Waals surface area contributed by atoms with Crippen LogP contribution in [-0.2, 0) is 6.54 Å². The molecule has 104 valence electrons. The second-order valence-electron chi connectivity index (χ2n) is 4.36. The van der Waals surface area contributed by atoms with Crippen LogP contribution in [0.15, 0.2) is 41.5 Å². The highest BCUT2D eigenvalue weighted by molar-refractivity contribution is 5.95. The van der Waals surface area contributed by atoms with Gasteiger partial charge in [-0.25, -0.2) is 4.98 Å². The van der Waals surface area contributed by atoms with E-state index in [4.69, 9.17) is 11.1 Å². The summed E-state index contributed by atoms with van der Waals surface area (Å²) in [5.74, 6) is 0.385. The zero-order valence-electron chi connectivity index (χ0n) is 11.5. The van der Waals surface area contributed by atoms with E-state index in [9.17, 15) is 4.79 Å². The summed E-state index contributed by atoms with van der Waals surface area (Å²) in [5.41, 5.74) is 6.75. The third-order valence-electron chi connectivity index (χ3n) is 3.12. The van der Waals surface area contributed by atoms with Crippen LogP contribution in [0.2, 0.25) is 0 Å². The molecule has 0 unspecified atom stereocenters. The molecule has 0 radical (unpaired) electrons. The van der Waals surface area contributed by atoms with Crippen molar-refractivity contribution < 1.29 is 0 Å². The second kappa shape index (κ2) is 5.56. The first-order chi connectivity index (χ1) is 9.54. The summed E-state index contributed by atoms with van der Waals surface area (Å²) in [5, 5.41) is 7.36.